The summed E-state index contributed by atoms with van der Waals surface area (Å²) < 4.78 is 1.88. The van der Waals surface area contributed by atoms with Gasteiger partial charge in [-0.25, -0.2) is 0 Å². The van der Waals surface area contributed by atoms with Crippen LogP contribution in [0.15, 0.2) is 54.7 Å². The van der Waals surface area contributed by atoms with Crippen molar-refractivity contribution in [2.24, 2.45) is 5.92 Å². The first-order valence-electron chi connectivity index (χ1n) is 13.8. The molecule has 2 amide bonds. The van der Waals surface area contributed by atoms with Gasteiger partial charge in [-0.3, -0.25) is 14.3 Å². The van der Waals surface area contributed by atoms with E-state index in [-0.39, 0.29) is 11.8 Å². The number of rotatable bonds is 5. The predicted molar refractivity (Wildman–Crippen MR) is 146 cm³/mol. The van der Waals surface area contributed by atoms with Gasteiger partial charge in [0.15, 0.2) is 0 Å². The van der Waals surface area contributed by atoms with E-state index in [1.807, 2.05) is 27.9 Å². The summed E-state index contributed by atoms with van der Waals surface area (Å²) in [4.78, 5) is 30.9. The number of hydrogen-bond acceptors (Lipinski definition) is 3. The summed E-state index contributed by atoms with van der Waals surface area (Å²) in [6.07, 6.45) is 8.02. The van der Waals surface area contributed by atoms with Crippen molar-refractivity contribution in [3.05, 3.63) is 77.0 Å². The van der Waals surface area contributed by atoms with E-state index in [1.165, 1.54) is 24.0 Å². The van der Waals surface area contributed by atoms with Gasteiger partial charge < -0.3 is 9.80 Å². The Hall–Kier alpha value is -3.41. The van der Waals surface area contributed by atoms with Crippen LogP contribution in [0, 0.1) is 19.8 Å². The maximum atomic E-state index is 13.8. The molecule has 0 aliphatic carbocycles. The normalized spacial score (nSPS) is 17.0. The zero-order chi connectivity index (χ0) is 25.8. The van der Waals surface area contributed by atoms with Crippen LogP contribution in [0.1, 0.15) is 65.6 Å². The average Bonchev–Trinajstić information content (AvgIpc) is 3.14. The summed E-state index contributed by atoms with van der Waals surface area (Å²) in [5, 5.41) is 4.87. The summed E-state index contributed by atoms with van der Waals surface area (Å²) in [6, 6.07) is 16.6. The van der Waals surface area contributed by atoms with E-state index in [4.69, 9.17) is 5.10 Å². The molecule has 2 aromatic carbocycles. The molecule has 6 nitrogen and oxygen atoms in total. The van der Waals surface area contributed by atoms with E-state index < -0.39 is 0 Å². The van der Waals surface area contributed by atoms with Crippen LogP contribution in [0.4, 0.5) is 0 Å². The van der Waals surface area contributed by atoms with Crippen LogP contribution >= 0.6 is 0 Å². The Bertz CT molecular complexity index is 1210. The number of benzene rings is 2. The molecule has 0 bridgehead atoms. The second kappa shape index (κ2) is 11.3. The van der Waals surface area contributed by atoms with Crippen molar-refractivity contribution < 1.29 is 9.59 Å². The molecule has 2 saturated heterocycles. The highest BCUT2D eigenvalue weighted by Gasteiger charge is 2.32. The summed E-state index contributed by atoms with van der Waals surface area (Å²) >= 11 is 0. The molecule has 3 heterocycles. The molecular formula is C31H38N4O2. The molecule has 194 valence electrons. The Morgan fingerprint density at radius 3 is 2.00 bits per heavy atom. The van der Waals surface area contributed by atoms with Crippen LogP contribution < -0.4 is 0 Å². The van der Waals surface area contributed by atoms with E-state index in [0.29, 0.717) is 31.1 Å². The van der Waals surface area contributed by atoms with Crippen molar-refractivity contribution >= 4 is 11.8 Å². The second-order valence-corrected chi connectivity index (χ2v) is 10.7. The Kier molecular flexibility index (Phi) is 7.73. The maximum absolute atomic E-state index is 13.8. The number of aromatic nitrogens is 2. The van der Waals surface area contributed by atoms with Crippen LogP contribution in [0.3, 0.4) is 0 Å². The minimum Gasteiger partial charge on any atom is -0.342 e. The monoisotopic (exact) mass is 498 g/mol. The topological polar surface area (TPSA) is 58.4 Å². The molecule has 2 aliphatic rings. The molecule has 37 heavy (non-hydrogen) atoms. The van der Waals surface area contributed by atoms with Gasteiger partial charge in [-0.2, -0.15) is 5.10 Å². The second-order valence-electron chi connectivity index (χ2n) is 10.7. The first-order chi connectivity index (χ1) is 18.0. The smallest absolute Gasteiger partial charge is 0.257 e. The fourth-order valence-corrected chi connectivity index (χ4v) is 5.51. The molecule has 5 rings (SSSR count). The molecular weight excluding hydrogens is 460 g/mol. The van der Waals surface area contributed by atoms with Gasteiger partial charge in [0.1, 0.15) is 5.69 Å². The highest BCUT2D eigenvalue weighted by Crippen LogP contribution is 2.27. The average molecular weight is 499 g/mol. The number of carbonyl (C=O) groups is 2. The lowest BCUT2D eigenvalue weighted by atomic mass is 9.94. The van der Waals surface area contributed by atoms with Gasteiger partial charge in [-0.15, -0.1) is 0 Å². The minimum atomic E-state index is 0.00593. The standard InChI is InChI=1S/C31H38N4O2/c1-23-7-11-25(12-8-23)21-35-22-28(29(32-35)26-13-9-24(2)10-14-26)31(37)34-19-15-27(16-20-34)30(36)33-17-5-3-4-6-18-33/h7-14,22,27H,3-6,15-21H2,1-2H3. The molecule has 0 spiro atoms. The molecule has 0 saturated carbocycles. The lowest BCUT2D eigenvalue weighted by Crippen LogP contribution is -2.44. The molecule has 2 aliphatic heterocycles. The Morgan fingerprint density at radius 2 is 1.38 bits per heavy atom. The van der Waals surface area contributed by atoms with Crippen molar-refractivity contribution in [1.82, 2.24) is 19.6 Å². The van der Waals surface area contributed by atoms with Crippen molar-refractivity contribution in [2.45, 2.75) is 58.9 Å². The minimum absolute atomic E-state index is 0.00593. The van der Waals surface area contributed by atoms with Gasteiger partial charge in [0.25, 0.3) is 5.91 Å². The van der Waals surface area contributed by atoms with Crippen molar-refractivity contribution in [3.63, 3.8) is 0 Å². The lowest BCUT2D eigenvalue weighted by Gasteiger charge is -2.34. The Balaban J connectivity index is 1.32. The van der Waals surface area contributed by atoms with Crippen molar-refractivity contribution in [3.8, 4) is 11.3 Å². The Morgan fingerprint density at radius 1 is 0.784 bits per heavy atom. The number of amides is 2. The summed E-state index contributed by atoms with van der Waals surface area (Å²) in [5.74, 6) is 0.328. The maximum Gasteiger partial charge on any atom is 0.257 e. The zero-order valence-corrected chi connectivity index (χ0v) is 22.2. The highest BCUT2D eigenvalue weighted by atomic mass is 16.2. The van der Waals surface area contributed by atoms with Gasteiger partial charge in [-0.05, 0) is 45.1 Å². The van der Waals surface area contributed by atoms with E-state index in [1.54, 1.807) is 0 Å². The molecule has 2 fully saturated rings. The third kappa shape index (κ3) is 5.95. The molecule has 0 radical (unpaired) electrons. The van der Waals surface area contributed by atoms with Crippen LogP contribution in [0.5, 0.6) is 0 Å². The predicted octanol–water partition coefficient (Wildman–Crippen LogP) is 5.47. The zero-order valence-electron chi connectivity index (χ0n) is 22.2. The number of hydrogen-bond donors (Lipinski definition) is 0. The number of aryl methyl sites for hydroxylation is 2. The fourth-order valence-electron chi connectivity index (χ4n) is 5.51. The number of piperidine rings is 1. The van der Waals surface area contributed by atoms with E-state index in [0.717, 1.165) is 55.6 Å². The van der Waals surface area contributed by atoms with Crippen molar-refractivity contribution in [1.29, 1.82) is 0 Å². The Labute approximate surface area is 220 Å². The molecule has 6 heteroatoms. The van der Waals surface area contributed by atoms with E-state index in [2.05, 4.69) is 55.1 Å². The first kappa shape index (κ1) is 25.2. The number of carbonyl (C=O) groups excluding carboxylic acids is 2. The first-order valence-corrected chi connectivity index (χ1v) is 13.8. The van der Waals surface area contributed by atoms with Crippen LogP contribution in [0.2, 0.25) is 0 Å². The molecule has 0 atom stereocenters. The SMILES string of the molecule is Cc1ccc(Cn2cc(C(=O)N3CCC(C(=O)N4CCCCCC4)CC3)c(-c3ccc(C)cc3)n2)cc1. The summed E-state index contributed by atoms with van der Waals surface area (Å²) in [5.41, 5.74) is 5.84. The molecule has 0 N–H and O–H groups in total. The molecule has 1 aromatic heterocycles. The van der Waals surface area contributed by atoms with Gasteiger partial charge >= 0.3 is 0 Å². The lowest BCUT2D eigenvalue weighted by molar-refractivity contribution is -0.136. The quantitative estimate of drug-likeness (QED) is 0.469. The largest absolute Gasteiger partial charge is 0.342 e. The van der Waals surface area contributed by atoms with Gasteiger partial charge in [0.2, 0.25) is 5.91 Å². The molecule has 0 unspecified atom stereocenters. The van der Waals surface area contributed by atoms with Gasteiger partial charge in [0.05, 0.1) is 12.1 Å². The third-order valence-corrected chi connectivity index (χ3v) is 7.83. The summed E-state index contributed by atoms with van der Waals surface area (Å²) in [6.45, 7) is 7.74. The van der Waals surface area contributed by atoms with Gasteiger partial charge in [-0.1, -0.05) is 72.5 Å². The van der Waals surface area contributed by atoms with E-state index >= 15 is 0 Å². The fraction of sp³-hybridized carbons (Fsp3) is 0.452. The van der Waals surface area contributed by atoms with Crippen LogP contribution in [-0.2, 0) is 11.3 Å². The third-order valence-electron chi connectivity index (χ3n) is 7.83. The van der Waals surface area contributed by atoms with Crippen LogP contribution in [0.25, 0.3) is 11.3 Å². The highest BCUT2D eigenvalue weighted by molar-refractivity contribution is 6.00. The molecule has 3 aromatic rings. The van der Waals surface area contributed by atoms with Gasteiger partial charge in [0, 0.05) is 43.9 Å². The van der Waals surface area contributed by atoms with Crippen LogP contribution in [-0.4, -0.2) is 57.6 Å². The summed E-state index contributed by atoms with van der Waals surface area (Å²) in [7, 11) is 0. The van der Waals surface area contributed by atoms with Crippen molar-refractivity contribution in [2.75, 3.05) is 26.2 Å². The van der Waals surface area contributed by atoms with E-state index in [9.17, 15) is 9.59 Å². The number of likely N-dealkylation sites (tertiary alicyclic amines) is 2. The number of nitrogens with zero attached hydrogens (tertiary/aromatic N) is 4.